The average Bonchev–Trinajstić information content (AvgIpc) is 3.25. The largest absolute Gasteiger partial charge is 0.324 e. The number of likely N-dealkylation sites (tertiary alicyclic amines) is 1. The van der Waals surface area contributed by atoms with Crippen LogP contribution in [0, 0.1) is 5.92 Å². The van der Waals surface area contributed by atoms with Crippen LogP contribution in [0.25, 0.3) is 11.3 Å². The summed E-state index contributed by atoms with van der Waals surface area (Å²) in [5.74, 6) is 0.233. The summed E-state index contributed by atoms with van der Waals surface area (Å²) in [6.07, 6.45) is 8.09. The summed E-state index contributed by atoms with van der Waals surface area (Å²) in [6.45, 7) is 4.84. The summed E-state index contributed by atoms with van der Waals surface area (Å²) >= 11 is 0. The van der Waals surface area contributed by atoms with Gasteiger partial charge in [-0.2, -0.15) is 0 Å². The lowest BCUT2D eigenvalue weighted by molar-refractivity contribution is -0.140. The van der Waals surface area contributed by atoms with Gasteiger partial charge in [-0.05, 0) is 12.3 Å². The van der Waals surface area contributed by atoms with Gasteiger partial charge in [-0.3, -0.25) is 14.5 Å². The second-order valence-corrected chi connectivity index (χ2v) is 7.05. The van der Waals surface area contributed by atoms with Crippen molar-refractivity contribution in [2.75, 3.05) is 6.54 Å². The van der Waals surface area contributed by atoms with Gasteiger partial charge in [-0.15, -0.1) is 0 Å². The molecule has 5 nitrogen and oxygen atoms in total. The second-order valence-electron chi connectivity index (χ2n) is 7.05. The number of hydrogen-bond acceptors (Lipinski definition) is 3. The maximum absolute atomic E-state index is 12.8. The van der Waals surface area contributed by atoms with Crippen LogP contribution in [0.3, 0.4) is 0 Å². The van der Waals surface area contributed by atoms with Crippen LogP contribution in [0.2, 0.25) is 0 Å². The molecule has 1 aromatic heterocycles. The Morgan fingerprint density at radius 1 is 1.19 bits per heavy atom. The maximum atomic E-state index is 12.8. The molecule has 0 aliphatic carbocycles. The van der Waals surface area contributed by atoms with Gasteiger partial charge in [0.2, 0.25) is 5.91 Å². The van der Waals surface area contributed by atoms with E-state index in [-0.39, 0.29) is 18.2 Å². The van der Waals surface area contributed by atoms with Gasteiger partial charge in [0.05, 0.1) is 18.4 Å². The summed E-state index contributed by atoms with van der Waals surface area (Å²) in [5, 5.41) is 0. The van der Waals surface area contributed by atoms with Gasteiger partial charge >= 0.3 is 0 Å². The van der Waals surface area contributed by atoms with Crippen molar-refractivity contribution in [2.45, 2.75) is 52.0 Å². The lowest BCUT2D eigenvalue weighted by atomic mass is 9.99. The van der Waals surface area contributed by atoms with Crippen LogP contribution in [-0.4, -0.2) is 32.8 Å². The van der Waals surface area contributed by atoms with Crippen molar-refractivity contribution in [2.24, 2.45) is 5.92 Å². The molecule has 2 atom stereocenters. The van der Waals surface area contributed by atoms with E-state index in [9.17, 15) is 9.59 Å². The number of hydrogen-bond donors (Lipinski definition) is 0. The number of rotatable bonds is 8. The third kappa shape index (κ3) is 3.87. The molecule has 2 amide bonds. The molecule has 0 N–H and O–H groups in total. The number of carbonyl (C=O) groups is 2. The molecule has 3 rings (SSSR count). The Morgan fingerprint density at radius 3 is 2.65 bits per heavy atom. The Balaban J connectivity index is 1.72. The highest BCUT2D eigenvalue weighted by Crippen LogP contribution is 2.28. The highest BCUT2D eigenvalue weighted by molar-refractivity contribution is 6.04. The Bertz CT molecular complexity index is 754. The molecule has 0 spiro atoms. The zero-order valence-corrected chi connectivity index (χ0v) is 15.6. The standard InChI is InChI=1S/C21H27N3O2/c1-3-5-9-16(4-2)13-24-20(25)12-19(21(24)26)23-14-18(22-15-23)17-10-7-6-8-11-17/h6-8,10-11,14-16,19H,3-5,9,12-13H2,1-2H3. The van der Waals surface area contributed by atoms with Crippen LogP contribution >= 0.6 is 0 Å². The van der Waals surface area contributed by atoms with E-state index in [2.05, 4.69) is 18.8 Å². The molecule has 138 valence electrons. The highest BCUT2D eigenvalue weighted by atomic mass is 16.2. The third-order valence-electron chi connectivity index (χ3n) is 5.24. The number of imide groups is 1. The summed E-state index contributed by atoms with van der Waals surface area (Å²) in [7, 11) is 0. The second kappa shape index (κ2) is 8.30. The molecule has 26 heavy (non-hydrogen) atoms. The van der Waals surface area contributed by atoms with Crippen molar-refractivity contribution in [1.82, 2.24) is 14.5 Å². The monoisotopic (exact) mass is 353 g/mol. The van der Waals surface area contributed by atoms with Gasteiger partial charge in [0.15, 0.2) is 0 Å². The van der Waals surface area contributed by atoms with E-state index in [0.717, 1.165) is 36.9 Å². The summed E-state index contributed by atoms with van der Waals surface area (Å²) in [6, 6.07) is 9.39. The minimum atomic E-state index is -0.462. The normalized spacial score (nSPS) is 18.5. The molecule has 0 radical (unpaired) electrons. The predicted molar refractivity (Wildman–Crippen MR) is 101 cm³/mol. The number of aromatic nitrogens is 2. The quantitative estimate of drug-likeness (QED) is 0.672. The summed E-state index contributed by atoms with van der Waals surface area (Å²) in [5.41, 5.74) is 1.82. The minimum absolute atomic E-state index is 0.0649. The number of imidazole rings is 1. The molecule has 1 aliphatic heterocycles. The average molecular weight is 353 g/mol. The number of nitrogens with zero attached hydrogens (tertiary/aromatic N) is 3. The fourth-order valence-corrected chi connectivity index (χ4v) is 3.53. The number of carbonyl (C=O) groups excluding carboxylic acids is 2. The SMILES string of the molecule is CCCCC(CC)CN1C(=O)CC(n2cnc(-c3ccccc3)c2)C1=O. The van der Waals surface area contributed by atoms with Crippen LogP contribution in [0.5, 0.6) is 0 Å². The van der Waals surface area contributed by atoms with Crippen LogP contribution in [0.15, 0.2) is 42.9 Å². The van der Waals surface area contributed by atoms with Gasteiger partial charge in [-0.1, -0.05) is 63.4 Å². The van der Waals surface area contributed by atoms with E-state index in [1.807, 2.05) is 36.5 Å². The van der Waals surface area contributed by atoms with Crippen LogP contribution < -0.4 is 0 Å². The zero-order chi connectivity index (χ0) is 18.5. The van der Waals surface area contributed by atoms with E-state index in [4.69, 9.17) is 0 Å². The molecule has 0 saturated carbocycles. The van der Waals surface area contributed by atoms with Gasteiger partial charge < -0.3 is 4.57 Å². The van der Waals surface area contributed by atoms with Crippen molar-refractivity contribution in [1.29, 1.82) is 0 Å². The van der Waals surface area contributed by atoms with Gasteiger partial charge in [0, 0.05) is 18.3 Å². The van der Waals surface area contributed by atoms with E-state index in [1.54, 1.807) is 10.9 Å². The van der Waals surface area contributed by atoms with Crippen molar-refractivity contribution >= 4 is 11.8 Å². The molecule has 1 saturated heterocycles. The van der Waals surface area contributed by atoms with Crippen molar-refractivity contribution in [3.63, 3.8) is 0 Å². The van der Waals surface area contributed by atoms with Crippen molar-refractivity contribution in [3.05, 3.63) is 42.9 Å². The smallest absolute Gasteiger partial charge is 0.252 e. The van der Waals surface area contributed by atoms with E-state index >= 15 is 0 Å². The zero-order valence-electron chi connectivity index (χ0n) is 15.6. The Hall–Kier alpha value is -2.43. The Labute approximate surface area is 155 Å². The Kier molecular flexibility index (Phi) is 5.86. The molecule has 2 unspecified atom stereocenters. The molecule has 2 aromatic rings. The predicted octanol–water partition coefficient (Wildman–Crippen LogP) is 4.07. The molecule has 2 heterocycles. The number of amides is 2. The van der Waals surface area contributed by atoms with Crippen LogP contribution in [-0.2, 0) is 9.59 Å². The van der Waals surface area contributed by atoms with Gasteiger partial charge in [-0.25, -0.2) is 4.98 Å². The molecule has 1 aliphatic rings. The summed E-state index contributed by atoms with van der Waals surface area (Å²) < 4.78 is 1.79. The lowest BCUT2D eigenvalue weighted by Gasteiger charge is -2.22. The van der Waals surface area contributed by atoms with Crippen LogP contribution in [0.1, 0.15) is 52.0 Å². The topological polar surface area (TPSA) is 55.2 Å². The Morgan fingerprint density at radius 2 is 1.96 bits per heavy atom. The fourth-order valence-electron chi connectivity index (χ4n) is 3.53. The minimum Gasteiger partial charge on any atom is -0.324 e. The molecular weight excluding hydrogens is 326 g/mol. The summed E-state index contributed by atoms with van der Waals surface area (Å²) in [4.78, 5) is 31.2. The van der Waals surface area contributed by atoms with Gasteiger partial charge in [0.1, 0.15) is 6.04 Å². The first-order chi connectivity index (χ1) is 12.6. The first kappa shape index (κ1) is 18.4. The number of benzene rings is 1. The van der Waals surface area contributed by atoms with E-state index in [0.29, 0.717) is 12.5 Å². The first-order valence-electron chi connectivity index (χ1n) is 9.57. The molecule has 5 heteroatoms. The lowest BCUT2D eigenvalue weighted by Crippen LogP contribution is -2.35. The highest BCUT2D eigenvalue weighted by Gasteiger charge is 2.40. The fraction of sp³-hybridized carbons (Fsp3) is 0.476. The number of unbranched alkanes of at least 4 members (excludes halogenated alkanes) is 1. The molecular formula is C21H27N3O2. The van der Waals surface area contributed by atoms with Crippen LogP contribution in [0.4, 0.5) is 0 Å². The van der Waals surface area contributed by atoms with E-state index < -0.39 is 6.04 Å². The molecule has 0 bridgehead atoms. The van der Waals surface area contributed by atoms with E-state index in [1.165, 1.54) is 4.90 Å². The third-order valence-corrected chi connectivity index (χ3v) is 5.24. The molecule has 1 aromatic carbocycles. The maximum Gasteiger partial charge on any atom is 0.252 e. The first-order valence-corrected chi connectivity index (χ1v) is 9.57. The van der Waals surface area contributed by atoms with Gasteiger partial charge in [0.25, 0.3) is 5.91 Å². The van der Waals surface area contributed by atoms with Crippen molar-refractivity contribution in [3.8, 4) is 11.3 Å². The molecule has 1 fully saturated rings. The van der Waals surface area contributed by atoms with Crippen molar-refractivity contribution < 1.29 is 9.59 Å².